The molecule has 0 radical (unpaired) electrons. The molecule has 110 valence electrons. The fraction of sp³-hybridized carbons (Fsp3) is 0.118. The summed E-state index contributed by atoms with van der Waals surface area (Å²) in [4.78, 5) is 25.5. The van der Waals surface area contributed by atoms with Gasteiger partial charge in [-0.3, -0.25) is 9.59 Å². The smallest absolute Gasteiger partial charge is 0.265 e. The number of amides is 2. The highest BCUT2D eigenvalue weighted by Gasteiger charge is 2.43. The first-order valence-corrected chi connectivity index (χ1v) is 6.88. The quantitative estimate of drug-likeness (QED) is 0.763. The fourth-order valence-electron chi connectivity index (χ4n) is 2.61. The zero-order valence-corrected chi connectivity index (χ0v) is 12.0. The van der Waals surface area contributed by atoms with Crippen molar-refractivity contribution in [3.63, 3.8) is 0 Å². The monoisotopic (exact) mass is 294 g/mol. The van der Waals surface area contributed by atoms with Crippen LogP contribution in [-0.2, 0) is 9.59 Å². The standard InChI is InChI=1S/C17H14N2O3/c1-12(20)19-16(18-10-6-3-7-11-18)15(21)14(17(19)22)13-8-4-2-5-9-13/h2-11,16H,1H3. The summed E-state index contributed by atoms with van der Waals surface area (Å²) >= 11 is 0. The van der Waals surface area contributed by atoms with Crippen LogP contribution in [0.3, 0.4) is 0 Å². The van der Waals surface area contributed by atoms with E-state index in [-0.39, 0.29) is 11.3 Å². The van der Waals surface area contributed by atoms with E-state index in [0.29, 0.717) is 5.56 Å². The fourth-order valence-corrected chi connectivity index (χ4v) is 2.61. The second-order valence-corrected chi connectivity index (χ2v) is 5.00. The van der Waals surface area contributed by atoms with Crippen molar-refractivity contribution in [2.45, 2.75) is 13.1 Å². The molecular weight excluding hydrogens is 280 g/mol. The Balaban J connectivity index is 2.16. The minimum Gasteiger partial charge on any atom is -0.869 e. The van der Waals surface area contributed by atoms with Gasteiger partial charge in [-0.1, -0.05) is 36.4 Å². The summed E-state index contributed by atoms with van der Waals surface area (Å²) in [5, 5.41) is 12.8. The van der Waals surface area contributed by atoms with Gasteiger partial charge in [0.2, 0.25) is 5.91 Å². The van der Waals surface area contributed by atoms with Gasteiger partial charge in [-0.25, -0.2) is 4.90 Å². The van der Waals surface area contributed by atoms with Crippen LogP contribution in [0.1, 0.15) is 18.7 Å². The predicted molar refractivity (Wildman–Crippen MR) is 76.6 cm³/mol. The van der Waals surface area contributed by atoms with Crippen LogP contribution in [0.5, 0.6) is 0 Å². The van der Waals surface area contributed by atoms with Gasteiger partial charge in [-0.2, -0.15) is 4.57 Å². The molecule has 0 saturated heterocycles. The molecule has 1 unspecified atom stereocenters. The van der Waals surface area contributed by atoms with Crippen molar-refractivity contribution < 1.29 is 19.3 Å². The first-order valence-electron chi connectivity index (χ1n) is 6.88. The van der Waals surface area contributed by atoms with Gasteiger partial charge < -0.3 is 5.11 Å². The van der Waals surface area contributed by atoms with Gasteiger partial charge >= 0.3 is 0 Å². The average molecular weight is 294 g/mol. The van der Waals surface area contributed by atoms with Crippen molar-refractivity contribution in [1.29, 1.82) is 0 Å². The number of carbonyl (C=O) groups excluding carboxylic acids is 2. The number of rotatable bonds is 2. The number of pyridine rings is 1. The molecule has 0 saturated carbocycles. The summed E-state index contributed by atoms with van der Waals surface area (Å²) in [6, 6.07) is 14.0. The van der Waals surface area contributed by atoms with Gasteiger partial charge in [0.15, 0.2) is 12.4 Å². The van der Waals surface area contributed by atoms with Gasteiger partial charge in [-0.05, 0) is 11.3 Å². The third-order valence-corrected chi connectivity index (χ3v) is 3.58. The first kappa shape index (κ1) is 14.0. The molecule has 0 spiro atoms. The Bertz CT molecular complexity index is 754. The molecule has 0 fully saturated rings. The zero-order valence-electron chi connectivity index (χ0n) is 12.0. The molecule has 1 aliphatic heterocycles. The predicted octanol–water partition coefficient (Wildman–Crippen LogP) is 0.633. The van der Waals surface area contributed by atoms with Crippen LogP contribution in [0.2, 0.25) is 0 Å². The number of benzene rings is 1. The summed E-state index contributed by atoms with van der Waals surface area (Å²) in [7, 11) is 0. The van der Waals surface area contributed by atoms with Crippen LogP contribution in [0.25, 0.3) is 5.57 Å². The van der Waals surface area contributed by atoms with Gasteiger partial charge in [0.25, 0.3) is 12.1 Å². The molecule has 0 bridgehead atoms. The maximum atomic E-state index is 12.8. The van der Waals surface area contributed by atoms with E-state index in [2.05, 4.69) is 0 Å². The molecule has 0 aliphatic carbocycles. The Morgan fingerprint density at radius 3 is 2.27 bits per heavy atom. The summed E-state index contributed by atoms with van der Waals surface area (Å²) < 4.78 is 1.57. The molecular formula is C17H14N2O3. The van der Waals surface area contributed by atoms with Crippen molar-refractivity contribution in [3.8, 4) is 0 Å². The molecule has 5 heteroatoms. The van der Waals surface area contributed by atoms with Gasteiger partial charge in [-0.15, -0.1) is 0 Å². The van der Waals surface area contributed by atoms with E-state index in [0.717, 1.165) is 4.90 Å². The van der Waals surface area contributed by atoms with Crippen LogP contribution in [0.4, 0.5) is 0 Å². The Morgan fingerprint density at radius 2 is 1.68 bits per heavy atom. The highest BCUT2D eigenvalue weighted by atomic mass is 16.3. The topological polar surface area (TPSA) is 64.3 Å². The number of hydrogen-bond donors (Lipinski definition) is 0. The Morgan fingerprint density at radius 1 is 1.09 bits per heavy atom. The van der Waals surface area contributed by atoms with Gasteiger partial charge in [0, 0.05) is 24.6 Å². The number of hydrogen-bond acceptors (Lipinski definition) is 3. The average Bonchev–Trinajstić information content (AvgIpc) is 2.80. The van der Waals surface area contributed by atoms with Crippen LogP contribution in [-0.4, -0.2) is 16.7 Å². The second-order valence-electron chi connectivity index (χ2n) is 5.00. The lowest BCUT2D eigenvalue weighted by Gasteiger charge is -2.21. The number of carbonyl (C=O) groups is 2. The molecule has 0 N–H and O–H groups in total. The molecule has 3 rings (SSSR count). The third kappa shape index (κ3) is 2.16. The Hall–Kier alpha value is -2.95. The second kappa shape index (κ2) is 5.44. The maximum Gasteiger partial charge on any atom is 0.265 e. The van der Waals surface area contributed by atoms with E-state index in [1.165, 1.54) is 6.92 Å². The molecule has 2 amide bonds. The molecule has 2 aromatic rings. The van der Waals surface area contributed by atoms with E-state index in [1.54, 1.807) is 65.5 Å². The van der Waals surface area contributed by atoms with Crippen molar-refractivity contribution in [3.05, 3.63) is 72.2 Å². The van der Waals surface area contributed by atoms with Crippen LogP contribution < -0.4 is 9.67 Å². The minimum absolute atomic E-state index is 0.0529. The van der Waals surface area contributed by atoms with Crippen molar-refractivity contribution in [2.75, 3.05) is 0 Å². The largest absolute Gasteiger partial charge is 0.869 e. The van der Waals surface area contributed by atoms with E-state index >= 15 is 0 Å². The van der Waals surface area contributed by atoms with E-state index in [4.69, 9.17) is 0 Å². The van der Waals surface area contributed by atoms with Gasteiger partial charge in [0.05, 0.1) is 0 Å². The van der Waals surface area contributed by atoms with E-state index in [1.807, 2.05) is 0 Å². The first-order chi connectivity index (χ1) is 10.6. The van der Waals surface area contributed by atoms with Crippen LogP contribution in [0.15, 0.2) is 66.7 Å². The minimum atomic E-state index is -0.957. The zero-order chi connectivity index (χ0) is 15.7. The molecule has 1 aromatic heterocycles. The van der Waals surface area contributed by atoms with Crippen molar-refractivity contribution in [2.24, 2.45) is 0 Å². The van der Waals surface area contributed by atoms with Crippen molar-refractivity contribution in [1.82, 2.24) is 4.90 Å². The van der Waals surface area contributed by atoms with Crippen LogP contribution in [0, 0.1) is 0 Å². The lowest BCUT2D eigenvalue weighted by molar-refractivity contribution is -0.739. The Kier molecular flexibility index (Phi) is 3.47. The summed E-state index contributed by atoms with van der Waals surface area (Å²) in [6.07, 6.45) is 2.38. The summed E-state index contributed by atoms with van der Waals surface area (Å²) in [5.41, 5.74) is 0.583. The summed E-state index contributed by atoms with van der Waals surface area (Å²) in [6.45, 7) is 1.29. The lowest BCUT2D eigenvalue weighted by atomic mass is 10.1. The van der Waals surface area contributed by atoms with E-state index < -0.39 is 18.0 Å². The maximum absolute atomic E-state index is 12.8. The molecule has 1 atom stereocenters. The van der Waals surface area contributed by atoms with Crippen LogP contribution >= 0.6 is 0 Å². The highest BCUT2D eigenvalue weighted by Crippen LogP contribution is 2.33. The number of nitrogens with zero attached hydrogens (tertiary/aromatic N) is 2. The third-order valence-electron chi connectivity index (χ3n) is 3.58. The van der Waals surface area contributed by atoms with Crippen molar-refractivity contribution >= 4 is 17.4 Å². The summed E-state index contributed by atoms with van der Waals surface area (Å²) in [5.74, 6) is -1.38. The number of imide groups is 1. The van der Waals surface area contributed by atoms with E-state index in [9.17, 15) is 14.7 Å². The number of aromatic nitrogens is 1. The highest BCUT2D eigenvalue weighted by molar-refractivity contribution is 6.26. The SMILES string of the molecule is CC(=O)N1C(=O)C(c2ccccc2)=C([O-])C1[n+]1ccccc1. The molecule has 1 aromatic carbocycles. The molecule has 2 heterocycles. The molecule has 5 nitrogen and oxygen atoms in total. The molecule has 22 heavy (non-hydrogen) atoms. The normalized spacial score (nSPS) is 18.0. The Labute approximate surface area is 127 Å². The molecule has 1 aliphatic rings. The lowest BCUT2D eigenvalue weighted by Crippen LogP contribution is -2.52. The van der Waals surface area contributed by atoms with Gasteiger partial charge in [0.1, 0.15) is 0 Å².